The van der Waals surface area contributed by atoms with Gasteiger partial charge in [-0.15, -0.1) is 0 Å². The smallest absolute Gasteiger partial charge is 0.227 e. The molecule has 0 bridgehead atoms. The third kappa shape index (κ3) is 2.42. The first-order chi connectivity index (χ1) is 9.25. The van der Waals surface area contributed by atoms with Gasteiger partial charge >= 0.3 is 0 Å². The average Bonchev–Trinajstić information content (AvgIpc) is 2.86. The van der Waals surface area contributed by atoms with Gasteiger partial charge in [0.25, 0.3) is 0 Å². The number of carbonyl (C=O) groups excluding carboxylic acids is 1. The van der Waals surface area contributed by atoms with Crippen LogP contribution in [0.3, 0.4) is 0 Å². The van der Waals surface area contributed by atoms with Gasteiger partial charge in [-0.1, -0.05) is 0 Å². The normalized spacial score (nSPS) is 20.2. The third-order valence-electron chi connectivity index (χ3n) is 3.77. The highest BCUT2D eigenvalue weighted by atomic mass is 19.1. The van der Waals surface area contributed by atoms with Crippen LogP contribution in [0.15, 0.2) is 18.2 Å². The van der Waals surface area contributed by atoms with Gasteiger partial charge in [0.2, 0.25) is 5.91 Å². The Morgan fingerprint density at radius 3 is 2.58 bits per heavy atom. The number of nitrogens with one attached hydrogen (secondary N) is 1. The van der Waals surface area contributed by atoms with Crippen molar-refractivity contribution in [3.05, 3.63) is 24.0 Å². The average molecular weight is 263 g/mol. The molecule has 19 heavy (non-hydrogen) atoms. The van der Waals surface area contributed by atoms with Crippen molar-refractivity contribution in [1.82, 2.24) is 5.32 Å². The van der Waals surface area contributed by atoms with E-state index in [-0.39, 0.29) is 11.7 Å². The number of benzene rings is 1. The van der Waals surface area contributed by atoms with Crippen molar-refractivity contribution in [2.24, 2.45) is 0 Å². The van der Waals surface area contributed by atoms with Crippen molar-refractivity contribution in [2.75, 3.05) is 42.5 Å². The maximum Gasteiger partial charge on any atom is 0.227 e. The quantitative estimate of drug-likeness (QED) is 0.875. The molecule has 1 aromatic carbocycles. The zero-order valence-electron chi connectivity index (χ0n) is 10.9. The topological polar surface area (TPSA) is 35.6 Å². The molecule has 1 amide bonds. The Morgan fingerprint density at radius 2 is 1.95 bits per heavy atom. The van der Waals surface area contributed by atoms with Gasteiger partial charge in [0.05, 0.1) is 5.69 Å². The molecule has 5 heteroatoms. The van der Waals surface area contributed by atoms with E-state index in [1.165, 1.54) is 6.07 Å². The first kappa shape index (κ1) is 12.4. The molecule has 2 aliphatic rings. The Bertz CT molecular complexity index is 486. The second-order valence-corrected chi connectivity index (χ2v) is 5.02. The zero-order chi connectivity index (χ0) is 13.2. The summed E-state index contributed by atoms with van der Waals surface area (Å²) in [5.74, 6) is -0.145. The summed E-state index contributed by atoms with van der Waals surface area (Å²) in [7, 11) is 0. The van der Waals surface area contributed by atoms with Crippen LogP contribution in [-0.4, -0.2) is 38.6 Å². The largest absolute Gasteiger partial charge is 0.367 e. The predicted molar refractivity (Wildman–Crippen MR) is 73.1 cm³/mol. The van der Waals surface area contributed by atoms with Crippen LogP contribution in [0.25, 0.3) is 0 Å². The van der Waals surface area contributed by atoms with E-state index in [4.69, 9.17) is 0 Å². The van der Waals surface area contributed by atoms with Crippen LogP contribution in [0.4, 0.5) is 15.8 Å². The summed E-state index contributed by atoms with van der Waals surface area (Å²) >= 11 is 0. The van der Waals surface area contributed by atoms with Crippen LogP contribution in [0.5, 0.6) is 0 Å². The van der Waals surface area contributed by atoms with E-state index in [0.29, 0.717) is 24.3 Å². The molecule has 1 aromatic rings. The molecule has 2 heterocycles. The summed E-state index contributed by atoms with van der Waals surface area (Å²) in [6.45, 7) is 4.10. The molecule has 1 N–H and O–H groups in total. The molecule has 0 radical (unpaired) electrons. The molecular formula is C14H18FN3O. The zero-order valence-corrected chi connectivity index (χ0v) is 10.9. The van der Waals surface area contributed by atoms with Crippen LogP contribution in [-0.2, 0) is 4.79 Å². The van der Waals surface area contributed by atoms with Crippen LogP contribution in [0.2, 0.25) is 0 Å². The van der Waals surface area contributed by atoms with E-state index in [0.717, 1.165) is 32.6 Å². The number of rotatable bonds is 2. The summed E-state index contributed by atoms with van der Waals surface area (Å²) in [4.78, 5) is 15.4. The molecule has 0 spiro atoms. The van der Waals surface area contributed by atoms with Crippen molar-refractivity contribution < 1.29 is 9.18 Å². The molecule has 3 rings (SSSR count). The van der Waals surface area contributed by atoms with Gasteiger partial charge in [-0.05, 0) is 24.6 Å². The van der Waals surface area contributed by atoms with E-state index in [2.05, 4.69) is 5.32 Å². The fraction of sp³-hybridized carbons (Fsp3) is 0.500. The molecule has 102 valence electrons. The van der Waals surface area contributed by atoms with E-state index >= 15 is 0 Å². The Morgan fingerprint density at radius 1 is 1.16 bits per heavy atom. The lowest BCUT2D eigenvalue weighted by atomic mass is 10.2. The minimum Gasteiger partial charge on any atom is -0.367 e. The number of anilines is 2. The monoisotopic (exact) mass is 263 g/mol. The van der Waals surface area contributed by atoms with E-state index < -0.39 is 0 Å². The molecule has 0 aromatic heterocycles. The van der Waals surface area contributed by atoms with Gasteiger partial charge in [0.1, 0.15) is 5.82 Å². The van der Waals surface area contributed by atoms with Crippen molar-refractivity contribution in [3.63, 3.8) is 0 Å². The Hall–Kier alpha value is -1.62. The highest BCUT2D eigenvalue weighted by Gasteiger charge is 2.23. The number of amides is 1. The fourth-order valence-electron chi connectivity index (χ4n) is 2.75. The molecule has 2 fully saturated rings. The first-order valence-electron chi connectivity index (χ1n) is 6.81. The maximum atomic E-state index is 14.2. The molecule has 4 nitrogen and oxygen atoms in total. The van der Waals surface area contributed by atoms with Crippen molar-refractivity contribution in [3.8, 4) is 0 Å². The number of hydrogen-bond donors (Lipinski definition) is 1. The van der Waals surface area contributed by atoms with Gasteiger partial charge < -0.3 is 15.1 Å². The molecule has 2 saturated heterocycles. The first-order valence-corrected chi connectivity index (χ1v) is 6.81. The molecular weight excluding hydrogens is 245 g/mol. The van der Waals surface area contributed by atoms with Crippen LogP contribution in [0.1, 0.15) is 12.8 Å². The summed E-state index contributed by atoms with van der Waals surface area (Å²) in [6, 6.07) is 5.13. The highest BCUT2D eigenvalue weighted by molar-refractivity contribution is 5.95. The van der Waals surface area contributed by atoms with Crippen molar-refractivity contribution >= 4 is 17.3 Å². The number of piperazine rings is 1. The second kappa shape index (κ2) is 5.17. The van der Waals surface area contributed by atoms with E-state index in [1.54, 1.807) is 11.0 Å². The highest BCUT2D eigenvalue weighted by Crippen LogP contribution is 2.27. The minimum atomic E-state index is -0.237. The molecule has 0 unspecified atom stereocenters. The van der Waals surface area contributed by atoms with Gasteiger partial charge in [0, 0.05) is 44.8 Å². The van der Waals surface area contributed by atoms with Crippen molar-refractivity contribution in [1.29, 1.82) is 0 Å². The molecule has 2 aliphatic heterocycles. The lowest BCUT2D eigenvalue weighted by Crippen LogP contribution is -2.43. The van der Waals surface area contributed by atoms with E-state index in [1.807, 2.05) is 11.0 Å². The molecule has 0 aliphatic carbocycles. The summed E-state index contributed by atoms with van der Waals surface area (Å²) in [5, 5.41) is 3.25. The lowest BCUT2D eigenvalue weighted by Gasteiger charge is -2.30. The fourth-order valence-corrected chi connectivity index (χ4v) is 2.75. The number of hydrogen-bond acceptors (Lipinski definition) is 3. The minimum absolute atomic E-state index is 0.0920. The lowest BCUT2D eigenvalue weighted by molar-refractivity contribution is -0.117. The Labute approximate surface area is 112 Å². The van der Waals surface area contributed by atoms with Crippen molar-refractivity contribution in [2.45, 2.75) is 12.8 Å². The Kier molecular flexibility index (Phi) is 3.38. The third-order valence-corrected chi connectivity index (χ3v) is 3.77. The second-order valence-electron chi connectivity index (χ2n) is 5.02. The van der Waals surface area contributed by atoms with Crippen LogP contribution >= 0.6 is 0 Å². The summed E-state index contributed by atoms with van der Waals surface area (Å²) < 4.78 is 14.2. The molecule has 0 saturated carbocycles. The van der Waals surface area contributed by atoms with Gasteiger partial charge in [-0.25, -0.2) is 4.39 Å². The van der Waals surface area contributed by atoms with Gasteiger partial charge in [0.15, 0.2) is 0 Å². The van der Waals surface area contributed by atoms with Crippen LogP contribution in [0, 0.1) is 5.82 Å². The van der Waals surface area contributed by atoms with Crippen LogP contribution < -0.4 is 15.1 Å². The predicted octanol–water partition coefficient (Wildman–Crippen LogP) is 1.36. The van der Waals surface area contributed by atoms with Gasteiger partial charge in [-0.2, -0.15) is 0 Å². The standard InChI is InChI=1S/C14H18FN3O/c15-12-10-11(18-7-1-2-14(18)19)3-4-13(12)17-8-5-16-6-9-17/h3-4,10,16H,1-2,5-9H2. The number of carbonyl (C=O) groups is 1. The Balaban J connectivity index is 1.82. The summed E-state index contributed by atoms with van der Waals surface area (Å²) in [5.41, 5.74) is 1.32. The number of halogens is 1. The summed E-state index contributed by atoms with van der Waals surface area (Å²) in [6.07, 6.45) is 1.43. The molecule has 0 atom stereocenters. The van der Waals surface area contributed by atoms with Gasteiger partial charge in [-0.3, -0.25) is 4.79 Å². The van der Waals surface area contributed by atoms with E-state index in [9.17, 15) is 9.18 Å². The maximum absolute atomic E-state index is 14.2. The SMILES string of the molecule is O=C1CCCN1c1ccc(N2CCNCC2)c(F)c1. The number of nitrogens with zero attached hydrogens (tertiary/aromatic N) is 2.